The summed E-state index contributed by atoms with van der Waals surface area (Å²) < 4.78 is 5.72. The Hall–Kier alpha value is -2.16. The lowest BCUT2D eigenvalue weighted by molar-refractivity contribution is -0.133. The Morgan fingerprint density at radius 1 is 1.00 bits per heavy atom. The van der Waals surface area contributed by atoms with Crippen LogP contribution in [0.15, 0.2) is 36.5 Å². The van der Waals surface area contributed by atoms with Gasteiger partial charge in [-0.2, -0.15) is 0 Å². The van der Waals surface area contributed by atoms with Gasteiger partial charge in [-0.1, -0.05) is 59.7 Å². The van der Waals surface area contributed by atoms with Crippen LogP contribution in [0.4, 0.5) is 0 Å². The minimum absolute atomic E-state index is 0.00463. The van der Waals surface area contributed by atoms with Crippen molar-refractivity contribution < 1.29 is 9.53 Å². The fourth-order valence-electron chi connectivity index (χ4n) is 3.08. The first-order valence-electron chi connectivity index (χ1n) is 8.40. The van der Waals surface area contributed by atoms with E-state index in [9.17, 15) is 4.79 Å². The van der Waals surface area contributed by atoms with Crippen LogP contribution in [0.1, 0.15) is 69.8 Å². The second-order valence-corrected chi connectivity index (χ2v) is 8.55. The Kier molecular flexibility index (Phi) is 3.78. The highest BCUT2D eigenvalue weighted by Gasteiger charge is 2.40. The molecule has 1 aliphatic rings. The molecule has 1 atom stereocenters. The van der Waals surface area contributed by atoms with Crippen LogP contribution >= 0.6 is 0 Å². The molecule has 0 fully saturated rings. The van der Waals surface area contributed by atoms with E-state index < -0.39 is 5.92 Å². The van der Waals surface area contributed by atoms with Gasteiger partial charge in [0.2, 0.25) is 0 Å². The molecule has 126 valence electrons. The zero-order valence-electron chi connectivity index (χ0n) is 15.3. The summed E-state index contributed by atoms with van der Waals surface area (Å²) in [4.78, 5) is 17.0. The number of nitrogens with zero attached hydrogens (tertiary/aromatic N) is 1. The van der Waals surface area contributed by atoms with E-state index in [1.807, 2.05) is 18.2 Å². The number of rotatable bonds is 1. The van der Waals surface area contributed by atoms with Gasteiger partial charge in [-0.3, -0.25) is 9.78 Å². The number of hydrogen-bond donors (Lipinski definition) is 0. The fourth-order valence-corrected chi connectivity index (χ4v) is 3.08. The smallest absolute Gasteiger partial charge is 0.325 e. The van der Waals surface area contributed by atoms with Crippen LogP contribution in [0, 0.1) is 0 Å². The summed E-state index contributed by atoms with van der Waals surface area (Å²) >= 11 is 0. The van der Waals surface area contributed by atoms with Crippen molar-refractivity contribution in [1.82, 2.24) is 4.98 Å². The quantitative estimate of drug-likeness (QED) is 0.563. The summed E-state index contributed by atoms with van der Waals surface area (Å²) in [6.07, 6.45) is 1.72. The minimum atomic E-state index is -0.440. The Labute approximate surface area is 144 Å². The van der Waals surface area contributed by atoms with E-state index in [0.29, 0.717) is 0 Å². The van der Waals surface area contributed by atoms with Crippen molar-refractivity contribution >= 4 is 5.97 Å². The summed E-state index contributed by atoms with van der Waals surface area (Å²) in [5, 5.41) is 0. The van der Waals surface area contributed by atoms with Crippen LogP contribution < -0.4 is 4.74 Å². The normalized spacial score (nSPS) is 17.6. The first-order valence-corrected chi connectivity index (χ1v) is 8.40. The third kappa shape index (κ3) is 2.83. The molecular formula is C21H25NO2. The van der Waals surface area contributed by atoms with Gasteiger partial charge in [-0.05, 0) is 28.5 Å². The number of benzene rings is 1. The topological polar surface area (TPSA) is 39.2 Å². The van der Waals surface area contributed by atoms with Gasteiger partial charge >= 0.3 is 5.97 Å². The highest BCUT2D eigenvalue weighted by Crippen LogP contribution is 2.46. The molecule has 0 bridgehead atoms. The predicted octanol–water partition coefficient (Wildman–Crippen LogP) is 4.73. The Morgan fingerprint density at radius 2 is 1.71 bits per heavy atom. The third-order valence-electron chi connectivity index (χ3n) is 4.52. The lowest BCUT2D eigenvalue weighted by Gasteiger charge is -2.27. The van der Waals surface area contributed by atoms with E-state index >= 15 is 0 Å². The zero-order chi connectivity index (χ0) is 17.7. The van der Waals surface area contributed by atoms with Gasteiger partial charge < -0.3 is 4.74 Å². The van der Waals surface area contributed by atoms with Gasteiger partial charge in [-0.15, -0.1) is 0 Å². The predicted molar refractivity (Wildman–Crippen MR) is 95.6 cm³/mol. The van der Waals surface area contributed by atoms with E-state index in [1.165, 1.54) is 5.56 Å². The van der Waals surface area contributed by atoms with Crippen LogP contribution in [-0.2, 0) is 15.6 Å². The molecule has 0 N–H and O–H groups in total. The number of fused-ring (bicyclic) bond motifs is 1. The maximum Gasteiger partial charge on any atom is 0.325 e. The fraction of sp³-hybridized carbons (Fsp3) is 0.429. The molecule has 1 aromatic carbocycles. The molecule has 1 aliphatic heterocycles. The van der Waals surface area contributed by atoms with Gasteiger partial charge in [0.15, 0.2) is 0 Å². The van der Waals surface area contributed by atoms with Gasteiger partial charge in [-0.25, -0.2) is 0 Å². The van der Waals surface area contributed by atoms with Gasteiger partial charge in [0, 0.05) is 17.3 Å². The first-order chi connectivity index (χ1) is 11.1. The first kappa shape index (κ1) is 16.7. The lowest BCUT2D eigenvalue weighted by Crippen LogP contribution is -2.17. The van der Waals surface area contributed by atoms with Crippen LogP contribution in [0.3, 0.4) is 0 Å². The Bertz CT molecular complexity index is 780. The molecule has 2 heterocycles. The molecule has 0 amide bonds. The molecule has 3 nitrogen and oxygen atoms in total. The number of esters is 1. The maximum absolute atomic E-state index is 12.6. The summed E-state index contributed by atoms with van der Waals surface area (Å²) in [6.45, 7) is 13.0. The molecule has 0 saturated carbocycles. The molecular weight excluding hydrogens is 298 g/mol. The van der Waals surface area contributed by atoms with Crippen molar-refractivity contribution in [2.75, 3.05) is 0 Å². The summed E-state index contributed by atoms with van der Waals surface area (Å²) in [5.41, 5.74) is 3.87. The van der Waals surface area contributed by atoms with Crippen LogP contribution in [0.2, 0.25) is 0 Å². The Balaban J connectivity index is 2.26. The summed E-state index contributed by atoms with van der Waals surface area (Å²) in [6, 6.07) is 9.96. The number of pyridine rings is 1. The second-order valence-electron chi connectivity index (χ2n) is 8.55. The van der Waals surface area contributed by atoms with Gasteiger partial charge in [0.05, 0.1) is 5.69 Å². The van der Waals surface area contributed by atoms with Crippen LogP contribution in [-0.4, -0.2) is 11.0 Å². The zero-order valence-corrected chi connectivity index (χ0v) is 15.3. The molecule has 3 heteroatoms. The van der Waals surface area contributed by atoms with E-state index in [2.05, 4.69) is 58.7 Å². The monoisotopic (exact) mass is 323 g/mol. The highest BCUT2D eigenvalue weighted by atomic mass is 16.5. The van der Waals surface area contributed by atoms with Gasteiger partial charge in [0.1, 0.15) is 11.7 Å². The molecule has 0 radical (unpaired) electrons. The van der Waals surface area contributed by atoms with Gasteiger partial charge in [0.25, 0.3) is 0 Å². The highest BCUT2D eigenvalue weighted by molar-refractivity contribution is 5.90. The van der Waals surface area contributed by atoms with E-state index in [4.69, 9.17) is 4.74 Å². The molecule has 24 heavy (non-hydrogen) atoms. The van der Waals surface area contributed by atoms with Crippen LogP contribution in [0.25, 0.3) is 0 Å². The minimum Gasteiger partial charge on any atom is -0.425 e. The number of hydrogen-bond acceptors (Lipinski definition) is 3. The third-order valence-corrected chi connectivity index (χ3v) is 4.52. The molecule has 0 spiro atoms. The van der Waals surface area contributed by atoms with Crippen molar-refractivity contribution in [3.05, 3.63) is 58.9 Å². The SMILES string of the molecule is CC(C)(C)c1cc2c(c(C(C)(C)C)c1)OC(=O)C2c1ccccn1. The molecule has 0 saturated heterocycles. The molecule has 0 aliphatic carbocycles. The average Bonchev–Trinajstić information content (AvgIpc) is 2.80. The number of carbonyl (C=O) groups excluding carboxylic acids is 1. The van der Waals surface area contributed by atoms with Crippen molar-refractivity contribution in [3.63, 3.8) is 0 Å². The number of ether oxygens (including phenoxy) is 1. The molecule has 2 aromatic rings. The summed E-state index contributed by atoms with van der Waals surface area (Å²) in [5.74, 6) is 0.0426. The van der Waals surface area contributed by atoms with Crippen molar-refractivity contribution in [2.45, 2.75) is 58.3 Å². The summed E-state index contributed by atoms with van der Waals surface area (Å²) in [7, 11) is 0. The maximum atomic E-state index is 12.6. The molecule has 3 rings (SSSR count). The van der Waals surface area contributed by atoms with Crippen molar-refractivity contribution in [2.24, 2.45) is 0 Å². The van der Waals surface area contributed by atoms with E-state index in [1.54, 1.807) is 6.20 Å². The molecule has 1 unspecified atom stereocenters. The average molecular weight is 323 g/mol. The Morgan fingerprint density at radius 3 is 2.25 bits per heavy atom. The number of aromatic nitrogens is 1. The van der Waals surface area contributed by atoms with Crippen LogP contribution in [0.5, 0.6) is 5.75 Å². The largest absolute Gasteiger partial charge is 0.425 e. The van der Waals surface area contributed by atoms with Crippen molar-refractivity contribution in [1.29, 1.82) is 0 Å². The van der Waals surface area contributed by atoms with Crippen molar-refractivity contribution in [3.8, 4) is 5.75 Å². The lowest BCUT2D eigenvalue weighted by atomic mass is 9.77. The standard InChI is InChI=1S/C21H25NO2/c1-20(2,3)13-11-14-17(16-9-7-8-10-22-16)19(23)24-18(14)15(12-13)21(4,5)6/h7-12,17H,1-6H3. The second kappa shape index (κ2) is 5.44. The molecule has 1 aromatic heterocycles. The van der Waals surface area contributed by atoms with E-state index in [-0.39, 0.29) is 16.8 Å². The van der Waals surface area contributed by atoms with E-state index in [0.717, 1.165) is 22.6 Å². The number of carbonyl (C=O) groups is 1.